The second-order valence-corrected chi connectivity index (χ2v) is 7.42. The van der Waals surface area contributed by atoms with Crippen molar-refractivity contribution in [3.05, 3.63) is 78.4 Å². The SMILES string of the molecule is C=CCN(C(=O)CN1CCCN(C(=O)c2cccc(C)c2)CC1)c1ccccc1. The number of aryl methyl sites for hydroxylation is 1. The molecular formula is C24H29N3O2. The Kier molecular flexibility index (Phi) is 7.19. The van der Waals surface area contributed by atoms with Crippen LogP contribution in [0.2, 0.25) is 0 Å². The molecule has 3 rings (SSSR count). The molecule has 29 heavy (non-hydrogen) atoms. The number of nitrogens with zero attached hydrogens (tertiary/aromatic N) is 3. The largest absolute Gasteiger partial charge is 0.337 e. The Bertz CT molecular complexity index is 850. The van der Waals surface area contributed by atoms with Crippen LogP contribution in [0.1, 0.15) is 22.3 Å². The maximum Gasteiger partial charge on any atom is 0.253 e. The Morgan fingerprint density at radius 1 is 1.03 bits per heavy atom. The predicted octanol–water partition coefficient (Wildman–Crippen LogP) is 3.36. The van der Waals surface area contributed by atoms with Crippen molar-refractivity contribution in [2.45, 2.75) is 13.3 Å². The van der Waals surface area contributed by atoms with Crippen LogP contribution in [0.25, 0.3) is 0 Å². The van der Waals surface area contributed by atoms with Gasteiger partial charge in [-0.2, -0.15) is 0 Å². The van der Waals surface area contributed by atoms with Crippen LogP contribution in [-0.2, 0) is 4.79 Å². The van der Waals surface area contributed by atoms with Crippen molar-refractivity contribution in [3.63, 3.8) is 0 Å². The molecule has 152 valence electrons. The highest BCUT2D eigenvalue weighted by Gasteiger charge is 2.23. The molecule has 0 unspecified atom stereocenters. The third-order valence-corrected chi connectivity index (χ3v) is 5.18. The Balaban J connectivity index is 1.61. The lowest BCUT2D eigenvalue weighted by Gasteiger charge is -2.26. The van der Waals surface area contributed by atoms with Gasteiger partial charge in [0.1, 0.15) is 0 Å². The highest BCUT2D eigenvalue weighted by molar-refractivity contribution is 5.95. The summed E-state index contributed by atoms with van der Waals surface area (Å²) in [6.07, 6.45) is 2.60. The van der Waals surface area contributed by atoms with E-state index in [2.05, 4.69) is 11.5 Å². The third-order valence-electron chi connectivity index (χ3n) is 5.18. The molecule has 0 bridgehead atoms. The molecule has 1 aliphatic rings. The summed E-state index contributed by atoms with van der Waals surface area (Å²) in [5, 5.41) is 0. The maximum atomic E-state index is 12.9. The average molecular weight is 392 g/mol. The minimum absolute atomic E-state index is 0.0505. The Hall–Kier alpha value is -2.92. The van der Waals surface area contributed by atoms with E-state index < -0.39 is 0 Å². The zero-order valence-electron chi connectivity index (χ0n) is 17.1. The average Bonchev–Trinajstić information content (AvgIpc) is 2.97. The molecule has 0 atom stereocenters. The number of carbonyl (C=O) groups is 2. The van der Waals surface area contributed by atoms with Crippen LogP contribution >= 0.6 is 0 Å². The van der Waals surface area contributed by atoms with Crippen molar-refractivity contribution in [3.8, 4) is 0 Å². The first-order chi connectivity index (χ1) is 14.1. The van der Waals surface area contributed by atoms with Gasteiger partial charge in [-0.15, -0.1) is 6.58 Å². The van der Waals surface area contributed by atoms with Crippen LogP contribution in [-0.4, -0.2) is 60.9 Å². The number of rotatable bonds is 6. The van der Waals surface area contributed by atoms with E-state index in [1.54, 1.807) is 11.0 Å². The first-order valence-electron chi connectivity index (χ1n) is 10.1. The third kappa shape index (κ3) is 5.55. The van der Waals surface area contributed by atoms with E-state index in [4.69, 9.17) is 0 Å². The molecule has 1 saturated heterocycles. The number of hydrogen-bond acceptors (Lipinski definition) is 3. The quantitative estimate of drug-likeness (QED) is 0.709. The molecule has 1 heterocycles. The molecule has 0 N–H and O–H groups in total. The minimum Gasteiger partial charge on any atom is -0.337 e. The van der Waals surface area contributed by atoms with Gasteiger partial charge in [-0.1, -0.05) is 42.0 Å². The Labute approximate surface area is 173 Å². The van der Waals surface area contributed by atoms with Crippen molar-refractivity contribution in [2.24, 2.45) is 0 Å². The molecule has 1 fully saturated rings. The molecule has 0 aliphatic carbocycles. The topological polar surface area (TPSA) is 43.9 Å². The van der Waals surface area contributed by atoms with Gasteiger partial charge in [-0.05, 0) is 37.6 Å². The number of hydrogen-bond donors (Lipinski definition) is 0. The minimum atomic E-state index is 0.0505. The molecule has 0 saturated carbocycles. The molecule has 2 aromatic rings. The summed E-state index contributed by atoms with van der Waals surface area (Å²) in [5.41, 5.74) is 2.69. The lowest BCUT2D eigenvalue weighted by Crippen LogP contribution is -2.42. The molecule has 0 spiro atoms. The van der Waals surface area contributed by atoms with Crippen molar-refractivity contribution in [2.75, 3.05) is 44.2 Å². The fourth-order valence-corrected chi connectivity index (χ4v) is 3.66. The Morgan fingerprint density at radius 2 is 1.83 bits per heavy atom. The number of benzene rings is 2. The maximum absolute atomic E-state index is 12.9. The first kappa shape index (κ1) is 20.8. The lowest BCUT2D eigenvalue weighted by molar-refractivity contribution is -0.119. The summed E-state index contributed by atoms with van der Waals surface area (Å²) < 4.78 is 0. The molecule has 2 amide bonds. The van der Waals surface area contributed by atoms with Crippen LogP contribution in [0.3, 0.4) is 0 Å². The summed E-state index contributed by atoms with van der Waals surface area (Å²) in [6, 6.07) is 17.4. The summed E-state index contributed by atoms with van der Waals surface area (Å²) in [6.45, 7) is 9.45. The van der Waals surface area contributed by atoms with Crippen LogP contribution < -0.4 is 4.90 Å². The number of amides is 2. The van der Waals surface area contributed by atoms with Crippen molar-refractivity contribution in [1.82, 2.24) is 9.80 Å². The van der Waals surface area contributed by atoms with Crippen molar-refractivity contribution >= 4 is 17.5 Å². The highest BCUT2D eigenvalue weighted by Crippen LogP contribution is 2.15. The van der Waals surface area contributed by atoms with E-state index in [9.17, 15) is 9.59 Å². The highest BCUT2D eigenvalue weighted by atomic mass is 16.2. The summed E-state index contributed by atoms with van der Waals surface area (Å²) in [4.78, 5) is 31.6. The van der Waals surface area contributed by atoms with Crippen LogP contribution in [0.4, 0.5) is 5.69 Å². The second kappa shape index (κ2) is 10.0. The predicted molar refractivity (Wildman–Crippen MR) is 117 cm³/mol. The molecule has 5 nitrogen and oxygen atoms in total. The van der Waals surface area contributed by atoms with Gasteiger partial charge in [0, 0.05) is 44.0 Å². The van der Waals surface area contributed by atoms with Gasteiger partial charge in [0.05, 0.1) is 6.54 Å². The molecule has 5 heteroatoms. The lowest BCUT2D eigenvalue weighted by atomic mass is 10.1. The number of para-hydroxylation sites is 1. The van der Waals surface area contributed by atoms with Gasteiger partial charge in [-0.25, -0.2) is 0 Å². The number of carbonyl (C=O) groups excluding carboxylic acids is 2. The smallest absolute Gasteiger partial charge is 0.253 e. The van der Waals surface area contributed by atoms with Gasteiger partial charge in [0.2, 0.25) is 5.91 Å². The second-order valence-electron chi connectivity index (χ2n) is 7.42. The first-order valence-corrected chi connectivity index (χ1v) is 10.1. The van der Waals surface area contributed by atoms with E-state index in [0.717, 1.165) is 29.8 Å². The van der Waals surface area contributed by atoms with E-state index in [-0.39, 0.29) is 11.8 Å². The molecule has 2 aromatic carbocycles. The zero-order valence-corrected chi connectivity index (χ0v) is 17.1. The summed E-state index contributed by atoms with van der Waals surface area (Å²) >= 11 is 0. The van der Waals surface area contributed by atoms with Crippen LogP contribution in [0, 0.1) is 6.92 Å². The molecule has 0 aromatic heterocycles. The van der Waals surface area contributed by atoms with Gasteiger partial charge >= 0.3 is 0 Å². The number of anilines is 1. The van der Waals surface area contributed by atoms with Gasteiger partial charge in [-0.3, -0.25) is 14.5 Å². The van der Waals surface area contributed by atoms with Gasteiger partial charge < -0.3 is 9.80 Å². The zero-order chi connectivity index (χ0) is 20.6. The fourth-order valence-electron chi connectivity index (χ4n) is 3.66. The van der Waals surface area contributed by atoms with Gasteiger partial charge in [0.15, 0.2) is 0 Å². The van der Waals surface area contributed by atoms with E-state index in [1.807, 2.05) is 66.4 Å². The van der Waals surface area contributed by atoms with E-state index in [0.29, 0.717) is 32.7 Å². The van der Waals surface area contributed by atoms with Crippen LogP contribution in [0.15, 0.2) is 67.3 Å². The molecule has 0 radical (unpaired) electrons. The van der Waals surface area contributed by atoms with E-state index in [1.165, 1.54) is 0 Å². The normalized spacial score (nSPS) is 14.9. The summed E-state index contributed by atoms with van der Waals surface area (Å²) in [7, 11) is 0. The monoisotopic (exact) mass is 391 g/mol. The molecular weight excluding hydrogens is 362 g/mol. The fraction of sp³-hybridized carbons (Fsp3) is 0.333. The van der Waals surface area contributed by atoms with Crippen LogP contribution in [0.5, 0.6) is 0 Å². The van der Waals surface area contributed by atoms with Gasteiger partial charge in [0.25, 0.3) is 5.91 Å². The Morgan fingerprint density at radius 3 is 2.55 bits per heavy atom. The van der Waals surface area contributed by atoms with Crippen molar-refractivity contribution in [1.29, 1.82) is 0 Å². The molecule has 1 aliphatic heterocycles. The standard InChI is InChI=1S/C24H29N3O2/c1-3-13-27(22-11-5-4-6-12-22)23(28)19-25-14-8-15-26(17-16-25)24(29)21-10-7-9-20(2)18-21/h3-7,9-12,18H,1,8,13-17,19H2,2H3. The summed E-state index contributed by atoms with van der Waals surface area (Å²) in [5.74, 6) is 0.119. The van der Waals surface area contributed by atoms with Crippen molar-refractivity contribution < 1.29 is 9.59 Å². The van der Waals surface area contributed by atoms with E-state index >= 15 is 0 Å².